The molecule has 1 aliphatic heterocycles. The molecule has 5 nitrogen and oxygen atoms in total. The van der Waals surface area contributed by atoms with Crippen molar-refractivity contribution >= 4 is 35.6 Å². The van der Waals surface area contributed by atoms with Crippen molar-refractivity contribution < 1.29 is 9.47 Å². The van der Waals surface area contributed by atoms with Gasteiger partial charge in [0.25, 0.3) is 0 Å². The summed E-state index contributed by atoms with van der Waals surface area (Å²) < 4.78 is 11.3. The van der Waals surface area contributed by atoms with Gasteiger partial charge in [0, 0.05) is 24.7 Å². The predicted molar refractivity (Wildman–Crippen MR) is 104 cm³/mol. The van der Waals surface area contributed by atoms with Gasteiger partial charge in [0.15, 0.2) is 17.5 Å². The molecule has 1 heterocycles. The number of nitrogens with one attached hydrogen (secondary N) is 1. The second-order valence-electron chi connectivity index (χ2n) is 6.25. The molecule has 6 heteroatoms. The minimum Gasteiger partial charge on any atom is -0.490 e. The van der Waals surface area contributed by atoms with E-state index in [9.17, 15) is 0 Å². The lowest BCUT2D eigenvalue weighted by Gasteiger charge is -2.40. The lowest BCUT2D eigenvalue weighted by molar-refractivity contribution is 0.139. The zero-order valence-electron chi connectivity index (χ0n) is 13.6. The van der Waals surface area contributed by atoms with Gasteiger partial charge in [-0.25, -0.2) is 0 Å². The number of nitrogens with zero attached hydrogens (tertiary/aromatic N) is 1. The van der Waals surface area contributed by atoms with E-state index >= 15 is 0 Å². The van der Waals surface area contributed by atoms with E-state index in [1.54, 1.807) is 0 Å². The minimum absolute atomic E-state index is 0. The summed E-state index contributed by atoms with van der Waals surface area (Å²) in [6.07, 6.45) is 5.93. The molecule has 0 aromatic heterocycles. The molecule has 128 valence electrons. The van der Waals surface area contributed by atoms with Crippen molar-refractivity contribution in [1.82, 2.24) is 0 Å². The molecule has 1 fully saturated rings. The van der Waals surface area contributed by atoms with Gasteiger partial charge in [-0.3, -0.25) is 4.99 Å². The van der Waals surface area contributed by atoms with Gasteiger partial charge in [0.2, 0.25) is 0 Å². The summed E-state index contributed by atoms with van der Waals surface area (Å²) in [6.45, 7) is 4.43. The minimum atomic E-state index is 0. The van der Waals surface area contributed by atoms with Crippen LogP contribution in [0.15, 0.2) is 23.2 Å². The van der Waals surface area contributed by atoms with Crippen LogP contribution < -0.4 is 20.5 Å². The highest BCUT2D eigenvalue weighted by Gasteiger charge is 2.34. The third kappa shape index (κ3) is 4.43. The lowest BCUT2D eigenvalue weighted by Crippen LogP contribution is -2.33. The van der Waals surface area contributed by atoms with Gasteiger partial charge in [0.1, 0.15) is 0 Å². The monoisotopic (exact) mass is 431 g/mol. The van der Waals surface area contributed by atoms with Crippen LogP contribution in [0.1, 0.15) is 39.0 Å². The molecule has 1 saturated carbocycles. The number of hydrogen-bond acceptors (Lipinski definition) is 3. The van der Waals surface area contributed by atoms with Gasteiger partial charge in [-0.1, -0.05) is 13.3 Å². The lowest BCUT2D eigenvalue weighted by atomic mass is 9.67. The zero-order valence-corrected chi connectivity index (χ0v) is 16.0. The molecule has 0 spiro atoms. The molecule has 0 unspecified atom stereocenters. The molecule has 0 saturated heterocycles. The van der Waals surface area contributed by atoms with Crippen LogP contribution in [0.5, 0.6) is 11.5 Å². The van der Waals surface area contributed by atoms with E-state index in [4.69, 9.17) is 15.2 Å². The van der Waals surface area contributed by atoms with Crippen molar-refractivity contribution in [1.29, 1.82) is 0 Å². The first-order valence-corrected chi connectivity index (χ1v) is 8.17. The Morgan fingerprint density at radius 1 is 1.22 bits per heavy atom. The first-order chi connectivity index (χ1) is 10.7. The van der Waals surface area contributed by atoms with Gasteiger partial charge in [-0.2, -0.15) is 0 Å². The van der Waals surface area contributed by atoms with Crippen LogP contribution in [0.2, 0.25) is 0 Å². The molecule has 0 atom stereocenters. The predicted octanol–water partition coefficient (Wildman–Crippen LogP) is 3.77. The van der Waals surface area contributed by atoms with Crippen LogP contribution in [0.4, 0.5) is 5.69 Å². The maximum Gasteiger partial charge on any atom is 0.193 e. The number of guanidine groups is 1. The van der Waals surface area contributed by atoms with Crippen molar-refractivity contribution in [3.63, 3.8) is 0 Å². The SMILES string of the molecule is CCC1(CN=C(N)Nc2ccc3c(c2)OCCCO3)CCC1.I. The van der Waals surface area contributed by atoms with Crippen LogP contribution in [0, 0.1) is 5.41 Å². The summed E-state index contributed by atoms with van der Waals surface area (Å²) in [5.74, 6) is 2.02. The fourth-order valence-corrected chi connectivity index (χ4v) is 2.98. The van der Waals surface area contributed by atoms with E-state index in [2.05, 4.69) is 17.2 Å². The molecule has 1 aromatic rings. The Balaban J connectivity index is 0.00000192. The average molecular weight is 431 g/mol. The number of ether oxygens (including phenoxy) is 2. The van der Waals surface area contributed by atoms with Gasteiger partial charge in [0.05, 0.1) is 13.2 Å². The highest BCUT2D eigenvalue weighted by molar-refractivity contribution is 14.0. The molecule has 3 rings (SSSR count). The second kappa shape index (κ2) is 8.08. The molecule has 3 N–H and O–H groups in total. The van der Waals surface area contributed by atoms with Gasteiger partial charge in [-0.15, -0.1) is 24.0 Å². The summed E-state index contributed by atoms with van der Waals surface area (Å²) in [5, 5.41) is 3.15. The number of halogens is 1. The van der Waals surface area contributed by atoms with Crippen molar-refractivity contribution in [2.75, 3.05) is 25.1 Å². The Hall–Kier alpha value is -1.18. The molecule has 0 bridgehead atoms. The van der Waals surface area contributed by atoms with E-state index < -0.39 is 0 Å². The Kier molecular flexibility index (Phi) is 6.38. The van der Waals surface area contributed by atoms with Crippen LogP contribution in [-0.2, 0) is 0 Å². The van der Waals surface area contributed by atoms with E-state index in [-0.39, 0.29) is 24.0 Å². The summed E-state index contributed by atoms with van der Waals surface area (Å²) in [4.78, 5) is 4.53. The summed E-state index contributed by atoms with van der Waals surface area (Å²) in [6, 6.07) is 5.77. The number of rotatable bonds is 4. The van der Waals surface area contributed by atoms with Crippen molar-refractivity contribution in [2.24, 2.45) is 16.1 Å². The standard InChI is InChI=1S/C17H25N3O2.HI/c1-2-17(7-3-8-17)12-19-16(18)20-13-5-6-14-15(11-13)22-10-4-9-21-14;/h5-6,11H,2-4,7-10,12H2,1H3,(H3,18,19,20);1H. The Labute approximate surface area is 155 Å². The van der Waals surface area contributed by atoms with Crippen LogP contribution >= 0.6 is 24.0 Å². The largest absolute Gasteiger partial charge is 0.490 e. The van der Waals surface area contributed by atoms with E-state index in [0.29, 0.717) is 24.6 Å². The normalized spacial score (nSPS) is 19.1. The maximum atomic E-state index is 6.02. The molecule has 2 aliphatic rings. The molecule has 23 heavy (non-hydrogen) atoms. The summed E-state index contributed by atoms with van der Waals surface area (Å²) in [5.41, 5.74) is 7.29. The van der Waals surface area contributed by atoms with Gasteiger partial charge < -0.3 is 20.5 Å². The van der Waals surface area contributed by atoms with Crippen LogP contribution in [0.3, 0.4) is 0 Å². The second-order valence-corrected chi connectivity index (χ2v) is 6.25. The number of fused-ring (bicyclic) bond motifs is 1. The van der Waals surface area contributed by atoms with E-state index in [0.717, 1.165) is 30.2 Å². The van der Waals surface area contributed by atoms with Gasteiger partial charge >= 0.3 is 0 Å². The van der Waals surface area contributed by atoms with Crippen LogP contribution in [0.25, 0.3) is 0 Å². The number of anilines is 1. The fourth-order valence-electron chi connectivity index (χ4n) is 2.98. The Morgan fingerprint density at radius 2 is 1.96 bits per heavy atom. The average Bonchev–Trinajstić information content (AvgIpc) is 2.71. The molecule has 0 amide bonds. The summed E-state index contributed by atoms with van der Waals surface area (Å²) >= 11 is 0. The van der Waals surface area contributed by atoms with Crippen molar-refractivity contribution in [2.45, 2.75) is 39.0 Å². The Morgan fingerprint density at radius 3 is 2.61 bits per heavy atom. The molecule has 1 aliphatic carbocycles. The Bertz CT molecular complexity index is 553. The number of hydrogen-bond donors (Lipinski definition) is 2. The van der Waals surface area contributed by atoms with Crippen molar-refractivity contribution in [3.8, 4) is 11.5 Å². The topological polar surface area (TPSA) is 68.9 Å². The first kappa shape index (κ1) is 18.2. The highest BCUT2D eigenvalue weighted by atomic mass is 127. The quantitative estimate of drug-likeness (QED) is 0.433. The maximum absolute atomic E-state index is 6.02. The fraction of sp³-hybridized carbons (Fsp3) is 0.588. The van der Waals surface area contributed by atoms with Crippen LogP contribution in [-0.4, -0.2) is 25.7 Å². The van der Waals surface area contributed by atoms with E-state index in [1.165, 1.54) is 25.7 Å². The number of benzene rings is 1. The first-order valence-electron chi connectivity index (χ1n) is 8.17. The smallest absolute Gasteiger partial charge is 0.193 e. The zero-order chi connectivity index (χ0) is 15.4. The highest BCUT2D eigenvalue weighted by Crippen LogP contribution is 2.43. The number of nitrogens with two attached hydrogens (primary N) is 1. The summed E-state index contributed by atoms with van der Waals surface area (Å²) in [7, 11) is 0. The number of aliphatic imine (C=N–C) groups is 1. The molecular weight excluding hydrogens is 405 g/mol. The van der Waals surface area contributed by atoms with Gasteiger partial charge in [-0.05, 0) is 36.8 Å². The third-order valence-electron chi connectivity index (χ3n) is 4.77. The molecule has 1 aromatic carbocycles. The third-order valence-corrected chi connectivity index (χ3v) is 4.77. The van der Waals surface area contributed by atoms with Crippen molar-refractivity contribution in [3.05, 3.63) is 18.2 Å². The van der Waals surface area contributed by atoms with E-state index in [1.807, 2.05) is 18.2 Å². The molecule has 0 radical (unpaired) electrons. The molecular formula is C17H26IN3O2.